The van der Waals surface area contributed by atoms with Crippen LogP contribution in [0.25, 0.3) is 0 Å². The predicted molar refractivity (Wildman–Crippen MR) is 82.0 cm³/mol. The lowest BCUT2D eigenvalue weighted by atomic mass is 9.95. The molecule has 0 aromatic carbocycles. The number of hydrogen-bond acceptors (Lipinski definition) is 9. The van der Waals surface area contributed by atoms with Crippen LogP contribution in [0.15, 0.2) is 0 Å². The van der Waals surface area contributed by atoms with Crippen LogP contribution in [-0.2, 0) is 42.9 Å². The Kier molecular flexibility index (Phi) is 7.82. The minimum absolute atomic E-state index is 0.445. The number of ether oxygens (including phenoxy) is 5. The SMILES string of the molecule is CCC[C@H]1O[C@H](OC(C)=O)[C@@H](OC(C)=O)[C@@H](OC(C)=O)[C@@H]1OC(C)=O. The Morgan fingerprint density at radius 2 is 1.16 bits per heavy atom. The van der Waals surface area contributed by atoms with Gasteiger partial charge in [-0.15, -0.1) is 0 Å². The summed E-state index contributed by atoms with van der Waals surface area (Å²) in [5.74, 6) is -2.64. The molecule has 1 saturated heterocycles. The van der Waals surface area contributed by atoms with E-state index in [4.69, 9.17) is 23.7 Å². The summed E-state index contributed by atoms with van der Waals surface area (Å²) >= 11 is 0. The summed E-state index contributed by atoms with van der Waals surface area (Å²) < 4.78 is 26.4. The van der Waals surface area contributed by atoms with Crippen molar-refractivity contribution in [3.63, 3.8) is 0 Å². The van der Waals surface area contributed by atoms with E-state index in [1.807, 2.05) is 6.92 Å². The van der Waals surface area contributed by atoms with Crippen molar-refractivity contribution in [2.75, 3.05) is 0 Å². The Labute approximate surface area is 145 Å². The summed E-state index contributed by atoms with van der Waals surface area (Å²) in [6.45, 7) is 6.57. The van der Waals surface area contributed by atoms with E-state index in [-0.39, 0.29) is 0 Å². The summed E-state index contributed by atoms with van der Waals surface area (Å²) in [5, 5.41) is 0. The third kappa shape index (κ3) is 6.33. The van der Waals surface area contributed by atoms with E-state index >= 15 is 0 Å². The predicted octanol–water partition coefficient (Wildman–Crippen LogP) is 0.870. The monoisotopic (exact) mass is 360 g/mol. The fourth-order valence-corrected chi connectivity index (χ4v) is 2.63. The summed E-state index contributed by atoms with van der Waals surface area (Å²) in [7, 11) is 0. The van der Waals surface area contributed by atoms with Gasteiger partial charge in [-0.1, -0.05) is 13.3 Å². The number of carbonyl (C=O) groups is 4. The zero-order chi connectivity index (χ0) is 19.1. The van der Waals surface area contributed by atoms with Crippen molar-refractivity contribution in [2.45, 2.75) is 78.2 Å². The van der Waals surface area contributed by atoms with Crippen LogP contribution in [0.4, 0.5) is 0 Å². The van der Waals surface area contributed by atoms with Gasteiger partial charge in [0.05, 0.1) is 0 Å². The highest BCUT2D eigenvalue weighted by Crippen LogP contribution is 2.31. The number of rotatable bonds is 6. The highest BCUT2D eigenvalue weighted by molar-refractivity contribution is 5.69. The molecule has 0 radical (unpaired) electrons. The smallest absolute Gasteiger partial charge is 0.305 e. The fourth-order valence-electron chi connectivity index (χ4n) is 2.63. The molecule has 1 rings (SSSR count). The molecule has 1 aliphatic heterocycles. The van der Waals surface area contributed by atoms with Crippen LogP contribution in [0.1, 0.15) is 47.5 Å². The maximum Gasteiger partial charge on any atom is 0.305 e. The van der Waals surface area contributed by atoms with Gasteiger partial charge in [0, 0.05) is 27.7 Å². The largest absolute Gasteiger partial charge is 0.456 e. The molecule has 0 unspecified atom stereocenters. The fraction of sp³-hybridized carbons (Fsp3) is 0.750. The molecule has 1 aliphatic rings. The third-order valence-corrected chi connectivity index (χ3v) is 3.35. The maximum absolute atomic E-state index is 11.5. The first-order valence-electron chi connectivity index (χ1n) is 8.00. The number of carbonyl (C=O) groups excluding carboxylic acids is 4. The highest BCUT2D eigenvalue weighted by atomic mass is 16.7. The Morgan fingerprint density at radius 3 is 1.60 bits per heavy atom. The molecule has 9 nitrogen and oxygen atoms in total. The van der Waals surface area contributed by atoms with E-state index in [2.05, 4.69) is 0 Å². The Hall–Kier alpha value is -2.16. The van der Waals surface area contributed by atoms with Crippen molar-refractivity contribution in [3.05, 3.63) is 0 Å². The zero-order valence-corrected chi connectivity index (χ0v) is 15.0. The summed E-state index contributed by atoms with van der Waals surface area (Å²) in [6, 6.07) is 0. The lowest BCUT2D eigenvalue weighted by Crippen LogP contribution is -2.62. The Balaban J connectivity index is 3.25. The van der Waals surface area contributed by atoms with Gasteiger partial charge < -0.3 is 23.7 Å². The second kappa shape index (κ2) is 9.36. The second-order valence-corrected chi connectivity index (χ2v) is 5.66. The molecule has 0 aliphatic carbocycles. The molecule has 25 heavy (non-hydrogen) atoms. The van der Waals surface area contributed by atoms with Crippen molar-refractivity contribution in [2.24, 2.45) is 0 Å². The van der Waals surface area contributed by atoms with E-state index in [0.717, 1.165) is 6.92 Å². The molecule has 0 aromatic heterocycles. The van der Waals surface area contributed by atoms with Crippen LogP contribution >= 0.6 is 0 Å². The van der Waals surface area contributed by atoms with Crippen LogP contribution in [-0.4, -0.2) is 54.6 Å². The molecule has 1 heterocycles. The molecule has 0 spiro atoms. The van der Waals surface area contributed by atoms with Gasteiger partial charge in [-0.2, -0.15) is 0 Å². The van der Waals surface area contributed by atoms with Gasteiger partial charge in [0.1, 0.15) is 6.10 Å². The molecule has 0 saturated carbocycles. The molecule has 0 amide bonds. The van der Waals surface area contributed by atoms with Gasteiger partial charge in [-0.3, -0.25) is 19.2 Å². The van der Waals surface area contributed by atoms with Gasteiger partial charge in [0.2, 0.25) is 12.4 Å². The summed E-state index contributed by atoms with van der Waals surface area (Å²) in [5.41, 5.74) is 0. The van der Waals surface area contributed by atoms with E-state index in [9.17, 15) is 19.2 Å². The van der Waals surface area contributed by atoms with E-state index in [1.54, 1.807) is 0 Å². The summed E-state index contributed by atoms with van der Waals surface area (Å²) in [4.78, 5) is 45.8. The molecule has 1 fully saturated rings. The minimum Gasteiger partial charge on any atom is -0.456 e. The van der Waals surface area contributed by atoms with Gasteiger partial charge in [0.25, 0.3) is 0 Å². The topological polar surface area (TPSA) is 114 Å². The third-order valence-electron chi connectivity index (χ3n) is 3.35. The lowest BCUT2D eigenvalue weighted by Gasteiger charge is -2.43. The number of esters is 4. The average molecular weight is 360 g/mol. The number of hydrogen-bond donors (Lipinski definition) is 0. The van der Waals surface area contributed by atoms with E-state index in [1.165, 1.54) is 20.8 Å². The Bertz CT molecular complexity index is 516. The van der Waals surface area contributed by atoms with Crippen molar-refractivity contribution >= 4 is 23.9 Å². The van der Waals surface area contributed by atoms with Crippen molar-refractivity contribution < 1.29 is 42.9 Å². The van der Waals surface area contributed by atoms with Gasteiger partial charge in [0.15, 0.2) is 12.2 Å². The molecule has 0 aromatic rings. The molecular weight excluding hydrogens is 336 g/mol. The first-order valence-corrected chi connectivity index (χ1v) is 8.00. The van der Waals surface area contributed by atoms with Crippen LogP contribution in [0.2, 0.25) is 0 Å². The van der Waals surface area contributed by atoms with Crippen LogP contribution < -0.4 is 0 Å². The Morgan fingerprint density at radius 1 is 0.720 bits per heavy atom. The first-order chi connectivity index (χ1) is 11.6. The zero-order valence-electron chi connectivity index (χ0n) is 15.0. The quantitative estimate of drug-likeness (QED) is 0.502. The van der Waals surface area contributed by atoms with E-state index in [0.29, 0.717) is 12.8 Å². The van der Waals surface area contributed by atoms with Crippen molar-refractivity contribution in [3.8, 4) is 0 Å². The maximum atomic E-state index is 11.5. The second-order valence-electron chi connectivity index (χ2n) is 5.66. The summed E-state index contributed by atoms with van der Waals surface area (Å²) in [6.07, 6.45) is -4.30. The van der Waals surface area contributed by atoms with Crippen molar-refractivity contribution in [1.82, 2.24) is 0 Å². The van der Waals surface area contributed by atoms with Crippen LogP contribution in [0.3, 0.4) is 0 Å². The standard InChI is InChI=1S/C16H24O9/c1-6-7-12-13(21-8(2)17)14(22-9(3)18)15(23-10(4)19)16(25-12)24-11(5)20/h12-16H,6-7H2,1-5H3/t12-,13-,14+,15+,16+/m1/s1. The van der Waals surface area contributed by atoms with Crippen molar-refractivity contribution in [1.29, 1.82) is 0 Å². The molecule has 142 valence electrons. The van der Waals surface area contributed by atoms with Gasteiger partial charge >= 0.3 is 23.9 Å². The molecular formula is C16H24O9. The van der Waals surface area contributed by atoms with Gasteiger partial charge in [-0.25, -0.2) is 0 Å². The average Bonchev–Trinajstić information content (AvgIpc) is 2.45. The molecule has 9 heteroatoms. The minimum atomic E-state index is -1.28. The molecule has 0 N–H and O–H groups in total. The van der Waals surface area contributed by atoms with Crippen LogP contribution in [0.5, 0.6) is 0 Å². The first kappa shape index (κ1) is 20.9. The molecule has 0 bridgehead atoms. The van der Waals surface area contributed by atoms with E-state index < -0.39 is 54.6 Å². The van der Waals surface area contributed by atoms with Gasteiger partial charge in [-0.05, 0) is 6.42 Å². The highest BCUT2D eigenvalue weighted by Gasteiger charge is 2.52. The van der Waals surface area contributed by atoms with Crippen LogP contribution in [0, 0.1) is 0 Å². The normalized spacial score (nSPS) is 28.6. The lowest BCUT2D eigenvalue weighted by molar-refractivity contribution is -0.296. The molecule has 5 atom stereocenters.